The number of aryl methyl sites for hydroxylation is 2. The average Bonchev–Trinajstić information content (AvgIpc) is 2.71. The van der Waals surface area contributed by atoms with Crippen LogP contribution in [0.1, 0.15) is 16.8 Å². The van der Waals surface area contributed by atoms with E-state index in [0.717, 1.165) is 16.8 Å². The second-order valence-electron chi connectivity index (χ2n) is 6.95. The highest BCUT2D eigenvalue weighted by atomic mass is 16.5. The maximum Gasteiger partial charge on any atom is 0.337 e. The number of benzene rings is 2. The van der Waals surface area contributed by atoms with E-state index >= 15 is 0 Å². The molecular weight excluding hydrogens is 366 g/mol. The zero-order valence-electron chi connectivity index (χ0n) is 16.5. The first kappa shape index (κ1) is 18.7. The van der Waals surface area contributed by atoms with Crippen LogP contribution >= 0.6 is 0 Å². The van der Waals surface area contributed by atoms with E-state index in [9.17, 15) is 9.59 Å². The highest BCUT2D eigenvalue weighted by Crippen LogP contribution is 2.24. The van der Waals surface area contributed by atoms with Crippen LogP contribution < -0.4 is 16.0 Å². The van der Waals surface area contributed by atoms with Crippen LogP contribution in [0, 0.1) is 13.8 Å². The van der Waals surface area contributed by atoms with E-state index in [0.29, 0.717) is 22.5 Å². The Balaban J connectivity index is 2.14. The van der Waals surface area contributed by atoms with Crippen molar-refractivity contribution in [1.29, 1.82) is 0 Å². The predicted molar refractivity (Wildman–Crippen MR) is 113 cm³/mol. The van der Waals surface area contributed by atoms with E-state index in [2.05, 4.69) is 4.98 Å². The molecule has 0 N–H and O–H groups in total. The van der Waals surface area contributed by atoms with E-state index in [1.165, 1.54) is 9.13 Å². The highest BCUT2D eigenvalue weighted by molar-refractivity contribution is 5.80. The zero-order valence-corrected chi connectivity index (χ0v) is 16.5. The molecule has 2 aromatic carbocycles. The van der Waals surface area contributed by atoms with Gasteiger partial charge in [-0.05, 0) is 43.2 Å². The first-order chi connectivity index (χ1) is 14.0. The summed E-state index contributed by atoms with van der Waals surface area (Å²) in [7, 11) is 1.55. The summed E-state index contributed by atoms with van der Waals surface area (Å²) in [6.07, 6.45) is 0. The second kappa shape index (κ2) is 7.39. The summed E-state index contributed by atoms with van der Waals surface area (Å²) in [6, 6.07) is 18.5. The molecule has 0 saturated heterocycles. The minimum atomic E-state index is -0.451. The molecule has 0 amide bonds. The smallest absolute Gasteiger partial charge is 0.337 e. The normalized spacial score (nSPS) is 11.0. The molecule has 146 valence electrons. The van der Waals surface area contributed by atoms with Crippen molar-refractivity contribution in [2.24, 2.45) is 0 Å². The van der Waals surface area contributed by atoms with Crippen molar-refractivity contribution >= 4 is 11.0 Å². The van der Waals surface area contributed by atoms with Crippen molar-refractivity contribution in [2.45, 2.75) is 20.4 Å². The lowest BCUT2D eigenvalue weighted by molar-refractivity contribution is 0.412. The van der Waals surface area contributed by atoms with Crippen molar-refractivity contribution in [3.63, 3.8) is 0 Å². The minimum Gasteiger partial charge on any atom is -0.495 e. The lowest BCUT2D eigenvalue weighted by Gasteiger charge is -2.17. The predicted octanol–water partition coefficient (Wildman–Crippen LogP) is 3.22. The third-order valence-electron chi connectivity index (χ3n) is 4.93. The third-order valence-corrected chi connectivity index (χ3v) is 4.93. The zero-order chi connectivity index (χ0) is 20.5. The van der Waals surface area contributed by atoms with Crippen molar-refractivity contribution in [3.8, 4) is 11.4 Å². The van der Waals surface area contributed by atoms with E-state index in [1.54, 1.807) is 19.2 Å². The molecule has 6 heteroatoms. The van der Waals surface area contributed by atoms with Gasteiger partial charge in [0.2, 0.25) is 0 Å². The van der Waals surface area contributed by atoms with Gasteiger partial charge in [0.25, 0.3) is 5.56 Å². The summed E-state index contributed by atoms with van der Waals surface area (Å²) < 4.78 is 8.21. The van der Waals surface area contributed by atoms with E-state index in [-0.39, 0.29) is 12.1 Å². The van der Waals surface area contributed by atoms with Crippen LogP contribution in [0.4, 0.5) is 0 Å². The summed E-state index contributed by atoms with van der Waals surface area (Å²) in [5.41, 5.74) is 2.48. The quantitative estimate of drug-likeness (QED) is 0.539. The fourth-order valence-electron chi connectivity index (χ4n) is 3.61. The standard InChI is InChI=1S/C23H21N3O3/c1-15-13-16(2)24-21-20(15)22(27)25(14-17-9-5-4-6-10-17)23(28)26(21)18-11-7-8-12-19(18)29-3/h4-13H,14H2,1-3H3. The molecule has 2 aromatic heterocycles. The van der Waals surface area contributed by atoms with Crippen LogP contribution in [-0.2, 0) is 6.54 Å². The summed E-state index contributed by atoms with van der Waals surface area (Å²) in [6.45, 7) is 3.89. The number of rotatable bonds is 4. The SMILES string of the molecule is COc1ccccc1-n1c(=O)n(Cc2ccccc2)c(=O)c2c(C)cc(C)nc21. The number of ether oxygens (including phenoxy) is 1. The Morgan fingerprint density at radius 1 is 0.966 bits per heavy atom. The minimum absolute atomic E-state index is 0.177. The van der Waals surface area contributed by atoms with Gasteiger partial charge in [-0.25, -0.2) is 14.3 Å². The number of para-hydroxylation sites is 2. The third kappa shape index (κ3) is 3.23. The first-order valence-electron chi connectivity index (χ1n) is 9.32. The van der Waals surface area contributed by atoms with Crippen molar-refractivity contribution < 1.29 is 4.74 Å². The first-order valence-corrected chi connectivity index (χ1v) is 9.32. The molecule has 4 rings (SSSR count). The van der Waals surface area contributed by atoms with Gasteiger partial charge in [0.05, 0.1) is 24.7 Å². The molecule has 0 radical (unpaired) electrons. The Labute approximate surface area is 167 Å². The number of hydrogen-bond donors (Lipinski definition) is 0. The Bertz CT molecular complexity index is 1320. The summed E-state index contributed by atoms with van der Waals surface area (Å²) in [5, 5.41) is 0.428. The lowest BCUT2D eigenvalue weighted by atomic mass is 10.1. The van der Waals surface area contributed by atoms with Crippen molar-refractivity contribution in [2.75, 3.05) is 7.11 Å². The fraction of sp³-hybridized carbons (Fsp3) is 0.174. The summed E-state index contributed by atoms with van der Waals surface area (Å²) in [4.78, 5) is 31.4. The molecule has 0 bridgehead atoms. The van der Waals surface area contributed by atoms with Gasteiger partial charge >= 0.3 is 5.69 Å². The van der Waals surface area contributed by atoms with Gasteiger partial charge in [0.15, 0.2) is 5.65 Å². The Hall–Kier alpha value is -3.67. The van der Waals surface area contributed by atoms with Gasteiger partial charge < -0.3 is 4.74 Å². The highest BCUT2D eigenvalue weighted by Gasteiger charge is 2.19. The van der Waals surface area contributed by atoms with E-state index in [4.69, 9.17) is 4.74 Å². The molecule has 29 heavy (non-hydrogen) atoms. The molecule has 0 saturated carbocycles. The maximum absolute atomic E-state index is 13.5. The molecule has 0 spiro atoms. The topological polar surface area (TPSA) is 66.1 Å². The van der Waals surface area contributed by atoms with E-state index in [1.807, 2.05) is 62.4 Å². The number of aromatic nitrogens is 3. The molecule has 0 unspecified atom stereocenters. The molecule has 0 fully saturated rings. The van der Waals surface area contributed by atoms with Crippen LogP contribution in [0.2, 0.25) is 0 Å². The molecule has 4 aromatic rings. The number of methoxy groups -OCH3 is 1. The van der Waals surface area contributed by atoms with Crippen molar-refractivity contribution in [1.82, 2.24) is 14.1 Å². The monoisotopic (exact) mass is 387 g/mol. The molecule has 2 heterocycles. The Morgan fingerprint density at radius 3 is 2.38 bits per heavy atom. The van der Waals surface area contributed by atoms with Gasteiger partial charge in [-0.1, -0.05) is 42.5 Å². The number of nitrogens with zero attached hydrogens (tertiary/aromatic N) is 3. The second-order valence-corrected chi connectivity index (χ2v) is 6.95. The molecular formula is C23H21N3O3. The average molecular weight is 387 g/mol. The molecule has 0 aliphatic heterocycles. The largest absolute Gasteiger partial charge is 0.495 e. The van der Waals surface area contributed by atoms with Crippen molar-refractivity contribution in [3.05, 3.63) is 98.3 Å². The number of hydrogen-bond acceptors (Lipinski definition) is 4. The van der Waals surface area contributed by atoms with Crippen LogP contribution in [0.5, 0.6) is 5.75 Å². The summed E-state index contributed by atoms with van der Waals surface area (Å²) in [5.74, 6) is 0.529. The molecule has 0 aliphatic rings. The lowest BCUT2D eigenvalue weighted by Crippen LogP contribution is -2.40. The molecule has 0 atom stereocenters. The van der Waals surface area contributed by atoms with Crippen LogP contribution in [0.25, 0.3) is 16.7 Å². The van der Waals surface area contributed by atoms with Gasteiger partial charge in [-0.3, -0.25) is 9.36 Å². The van der Waals surface area contributed by atoms with Crippen LogP contribution in [0.3, 0.4) is 0 Å². The molecule has 6 nitrogen and oxygen atoms in total. The van der Waals surface area contributed by atoms with Gasteiger partial charge in [0, 0.05) is 5.69 Å². The fourth-order valence-corrected chi connectivity index (χ4v) is 3.61. The Kier molecular flexibility index (Phi) is 4.76. The van der Waals surface area contributed by atoms with Gasteiger partial charge in [-0.2, -0.15) is 0 Å². The Morgan fingerprint density at radius 2 is 1.66 bits per heavy atom. The number of fused-ring (bicyclic) bond motifs is 1. The van der Waals surface area contributed by atoms with E-state index < -0.39 is 5.69 Å². The van der Waals surface area contributed by atoms with Crippen LogP contribution in [0.15, 0.2) is 70.3 Å². The van der Waals surface area contributed by atoms with Gasteiger partial charge in [0.1, 0.15) is 5.75 Å². The van der Waals surface area contributed by atoms with Crippen LogP contribution in [-0.4, -0.2) is 21.2 Å². The number of pyridine rings is 1. The molecule has 0 aliphatic carbocycles. The van der Waals surface area contributed by atoms with Gasteiger partial charge in [-0.15, -0.1) is 0 Å². The summed E-state index contributed by atoms with van der Waals surface area (Å²) >= 11 is 0. The maximum atomic E-state index is 13.5.